The summed E-state index contributed by atoms with van der Waals surface area (Å²) in [7, 11) is 1.73. The number of hydroxylamine groups is 1. The minimum absolute atomic E-state index is 0.122. The summed E-state index contributed by atoms with van der Waals surface area (Å²) in [6, 6.07) is 10.4. The summed E-state index contributed by atoms with van der Waals surface area (Å²) in [4.78, 5) is 5.47. The summed E-state index contributed by atoms with van der Waals surface area (Å²) >= 11 is 0. The third kappa shape index (κ3) is 5.82. The van der Waals surface area contributed by atoms with Crippen LogP contribution in [0.2, 0.25) is 0 Å². The summed E-state index contributed by atoms with van der Waals surface area (Å²) in [5, 5.41) is 0. The predicted molar refractivity (Wildman–Crippen MR) is 69.5 cm³/mol. The fraction of sp³-hybridized carbons (Fsp3) is 0.571. The molecule has 1 atom stereocenters. The lowest BCUT2D eigenvalue weighted by molar-refractivity contribution is -0.0347. The van der Waals surface area contributed by atoms with Crippen molar-refractivity contribution in [2.75, 3.05) is 7.11 Å². The highest BCUT2D eigenvalue weighted by Crippen LogP contribution is 2.15. The molecule has 0 saturated carbocycles. The van der Waals surface area contributed by atoms with Crippen LogP contribution in [0.4, 0.5) is 0 Å². The maximum atomic E-state index is 5.47. The van der Waals surface area contributed by atoms with Gasteiger partial charge in [0.25, 0.3) is 0 Å². The lowest BCUT2D eigenvalue weighted by Crippen LogP contribution is -2.35. The first-order chi connectivity index (χ1) is 8.03. The van der Waals surface area contributed by atoms with E-state index in [1.165, 1.54) is 5.56 Å². The number of rotatable bonds is 7. The molecule has 1 unspecified atom stereocenters. The Kier molecular flexibility index (Phi) is 5.62. The fourth-order valence-corrected chi connectivity index (χ4v) is 1.70. The van der Waals surface area contributed by atoms with E-state index in [1.54, 1.807) is 7.11 Å². The molecule has 0 spiro atoms. The molecule has 0 fully saturated rings. The van der Waals surface area contributed by atoms with Crippen molar-refractivity contribution < 1.29 is 9.57 Å². The number of ether oxygens (including phenoxy) is 1. The Morgan fingerprint density at radius 3 is 2.47 bits per heavy atom. The molecule has 0 amide bonds. The van der Waals surface area contributed by atoms with Crippen molar-refractivity contribution in [3.8, 4) is 0 Å². The highest BCUT2D eigenvalue weighted by molar-refractivity contribution is 5.13. The van der Waals surface area contributed by atoms with Crippen LogP contribution in [0, 0.1) is 0 Å². The molecule has 0 radical (unpaired) electrons. The largest absolute Gasteiger partial charge is 0.379 e. The predicted octanol–water partition coefficient (Wildman–Crippen LogP) is 2.91. The molecule has 1 N–H and O–H groups in total. The van der Waals surface area contributed by atoms with Crippen LogP contribution in [0.15, 0.2) is 30.3 Å². The van der Waals surface area contributed by atoms with Gasteiger partial charge in [-0.25, -0.2) is 0 Å². The Morgan fingerprint density at radius 1 is 1.24 bits per heavy atom. The van der Waals surface area contributed by atoms with Gasteiger partial charge in [0, 0.05) is 13.2 Å². The first-order valence-electron chi connectivity index (χ1n) is 6.00. The topological polar surface area (TPSA) is 30.5 Å². The average molecular weight is 237 g/mol. The molecule has 0 aliphatic heterocycles. The van der Waals surface area contributed by atoms with Crippen molar-refractivity contribution in [2.45, 2.75) is 45.4 Å². The average Bonchev–Trinajstić information content (AvgIpc) is 2.30. The van der Waals surface area contributed by atoms with Gasteiger partial charge in [-0.3, -0.25) is 4.84 Å². The lowest BCUT2D eigenvalue weighted by Gasteiger charge is -2.26. The van der Waals surface area contributed by atoms with Crippen LogP contribution < -0.4 is 5.48 Å². The molecule has 3 nitrogen and oxygen atoms in total. The van der Waals surface area contributed by atoms with Gasteiger partial charge in [0.15, 0.2) is 0 Å². The van der Waals surface area contributed by atoms with E-state index in [9.17, 15) is 0 Å². The molecule has 0 aliphatic carbocycles. The van der Waals surface area contributed by atoms with Crippen LogP contribution in [-0.2, 0) is 16.2 Å². The molecule has 1 aromatic carbocycles. The first-order valence-corrected chi connectivity index (χ1v) is 6.00. The van der Waals surface area contributed by atoms with Crippen LogP contribution in [0.1, 0.15) is 32.8 Å². The number of hydrogen-bond donors (Lipinski definition) is 1. The summed E-state index contributed by atoms with van der Waals surface area (Å²) in [6.45, 7) is 6.81. The van der Waals surface area contributed by atoms with Gasteiger partial charge in [0.2, 0.25) is 0 Å². The summed E-state index contributed by atoms with van der Waals surface area (Å²) in [6.07, 6.45) is 0.901. The van der Waals surface area contributed by atoms with Crippen LogP contribution in [-0.4, -0.2) is 18.8 Å². The molecule has 0 bridgehead atoms. The number of hydrogen-bond acceptors (Lipinski definition) is 3. The van der Waals surface area contributed by atoms with Gasteiger partial charge in [-0.2, -0.15) is 5.48 Å². The molecule has 0 aromatic heterocycles. The van der Waals surface area contributed by atoms with Crippen molar-refractivity contribution >= 4 is 0 Å². The second kappa shape index (κ2) is 6.74. The molecule has 1 aromatic rings. The molecular formula is C14H23NO2. The molecule has 3 heteroatoms. The summed E-state index contributed by atoms with van der Waals surface area (Å²) in [5.74, 6) is 0. The van der Waals surface area contributed by atoms with E-state index in [0.29, 0.717) is 6.61 Å². The van der Waals surface area contributed by atoms with Crippen molar-refractivity contribution in [1.82, 2.24) is 5.48 Å². The van der Waals surface area contributed by atoms with Gasteiger partial charge in [-0.1, -0.05) is 30.3 Å². The highest BCUT2D eigenvalue weighted by Gasteiger charge is 2.19. The van der Waals surface area contributed by atoms with Crippen LogP contribution in [0.25, 0.3) is 0 Å². The van der Waals surface area contributed by atoms with Crippen LogP contribution >= 0.6 is 0 Å². The van der Waals surface area contributed by atoms with E-state index in [1.807, 2.05) is 30.3 Å². The zero-order valence-electron chi connectivity index (χ0n) is 11.2. The first kappa shape index (κ1) is 14.2. The minimum atomic E-state index is -0.122. The second-order valence-electron chi connectivity index (χ2n) is 4.96. The number of methoxy groups -OCH3 is 1. The smallest absolute Gasteiger partial charge is 0.0933 e. The van der Waals surface area contributed by atoms with Crippen molar-refractivity contribution in [2.24, 2.45) is 0 Å². The monoisotopic (exact) mass is 237 g/mol. The van der Waals surface area contributed by atoms with Gasteiger partial charge >= 0.3 is 0 Å². The van der Waals surface area contributed by atoms with E-state index in [4.69, 9.17) is 9.57 Å². The van der Waals surface area contributed by atoms with Gasteiger partial charge < -0.3 is 4.74 Å². The zero-order valence-corrected chi connectivity index (χ0v) is 11.2. The van der Waals surface area contributed by atoms with Gasteiger partial charge in [0.05, 0.1) is 12.2 Å². The number of benzene rings is 1. The highest BCUT2D eigenvalue weighted by atomic mass is 16.6. The van der Waals surface area contributed by atoms with Gasteiger partial charge in [-0.15, -0.1) is 0 Å². The fourth-order valence-electron chi connectivity index (χ4n) is 1.70. The maximum Gasteiger partial charge on any atom is 0.0933 e. The summed E-state index contributed by atoms with van der Waals surface area (Å²) in [5.41, 5.74) is 4.08. The van der Waals surface area contributed by atoms with E-state index in [0.717, 1.165) is 6.42 Å². The molecular weight excluding hydrogens is 214 g/mol. The van der Waals surface area contributed by atoms with Crippen LogP contribution in [0.3, 0.4) is 0 Å². The Morgan fingerprint density at radius 2 is 1.88 bits per heavy atom. The molecule has 17 heavy (non-hydrogen) atoms. The standard InChI is InChI=1S/C14H23NO2/c1-12(10-14(2,3)16-4)15-17-11-13-8-6-5-7-9-13/h5-9,12,15H,10-11H2,1-4H3. The SMILES string of the molecule is COC(C)(C)CC(C)NOCc1ccccc1. The normalized spacial score (nSPS) is 13.6. The Bertz CT molecular complexity index is 311. The third-order valence-electron chi connectivity index (χ3n) is 2.72. The third-order valence-corrected chi connectivity index (χ3v) is 2.72. The van der Waals surface area contributed by atoms with E-state index in [-0.39, 0.29) is 11.6 Å². The molecule has 0 aliphatic rings. The molecule has 0 heterocycles. The zero-order chi connectivity index (χ0) is 12.7. The van der Waals surface area contributed by atoms with E-state index >= 15 is 0 Å². The number of nitrogens with one attached hydrogen (secondary N) is 1. The summed E-state index contributed by atoms with van der Waals surface area (Å²) < 4.78 is 5.38. The van der Waals surface area contributed by atoms with Crippen molar-refractivity contribution in [3.63, 3.8) is 0 Å². The Balaban J connectivity index is 2.23. The van der Waals surface area contributed by atoms with E-state index < -0.39 is 0 Å². The Labute approximate surface area is 104 Å². The maximum absolute atomic E-state index is 5.47. The second-order valence-corrected chi connectivity index (χ2v) is 4.96. The Hall–Kier alpha value is -0.900. The van der Waals surface area contributed by atoms with Crippen molar-refractivity contribution in [3.05, 3.63) is 35.9 Å². The minimum Gasteiger partial charge on any atom is -0.379 e. The molecule has 96 valence electrons. The molecule has 1 rings (SSSR count). The quantitative estimate of drug-likeness (QED) is 0.740. The van der Waals surface area contributed by atoms with Gasteiger partial charge in [-0.05, 0) is 32.8 Å². The molecule has 0 saturated heterocycles. The van der Waals surface area contributed by atoms with Gasteiger partial charge in [0.1, 0.15) is 0 Å². The van der Waals surface area contributed by atoms with Crippen LogP contribution in [0.5, 0.6) is 0 Å². The lowest BCUT2D eigenvalue weighted by atomic mass is 10.0. The van der Waals surface area contributed by atoms with Crippen molar-refractivity contribution in [1.29, 1.82) is 0 Å². The van der Waals surface area contributed by atoms with E-state index in [2.05, 4.69) is 26.3 Å².